The molecule has 14 heteroatoms. The van der Waals surface area contributed by atoms with E-state index in [4.69, 9.17) is 0 Å². The number of Topliss-reactive ketones (excluding diaryl/α,β-unsaturated/α-hetero) is 2. The number of hydrogen-bond acceptors (Lipinski definition) is 11. The molecule has 4 aliphatic carbocycles. The fourth-order valence-electron chi connectivity index (χ4n) is 15.6. The molecule has 0 radical (unpaired) electrons. The molecule has 0 aromatic heterocycles. The van der Waals surface area contributed by atoms with Gasteiger partial charge in [-0.2, -0.15) is 9.78 Å². The van der Waals surface area contributed by atoms with Crippen molar-refractivity contribution in [2.24, 2.45) is 33.5 Å². The van der Waals surface area contributed by atoms with E-state index in [1.807, 2.05) is 198 Å². The summed E-state index contributed by atoms with van der Waals surface area (Å²) in [6, 6.07) is 73.0. The van der Waals surface area contributed by atoms with Crippen molar-refractivity contribution in [2.45, 2.75) is 74.0 Å². The molecule has 442 valence electrons. The molecular formula is C74H64N2O10S2. The zero-order valence-electron chi connectivity index (χ0n) is 48.5. The Morgan fingerprint density at radius 2 is 0.693 bits per heavy atom. The smallest absolute Gasteiger partial charge is 0.257 e. The maximum Gasteiger partial charge on any atom is 0.257 e. The fraction of sp³-hybridized carbons (Fsp3) is 0.216. The number of carbonyl (C=O) groups excluding carboxylic acids is 6. The number of thioether (sulfide) groups is 1. The molecule has 8 unspecified atom stereocenters. The number of benzene rings is 8. The predicted molar refractivity (Wildman–Crippen MR) is 341 cm³/mol. The number of sulfone groups is 1. The first-order valence-electron chi connectivity index (χ1n) is 28.8. The Bertz CT molecular complexity index is 4320. The maximum absolute atomic E-state index is 15.1. The van der Waals surface area contributed by atoms with Gasteiger partial charge in [-0.25, -0.2) is 18.2 Å². The molecule has 4 bridgehead atoms. The number of carbonyl (C=O) groups is 6. The van der Waals surface area contributed by atoms with E-state index in [0.29, 0.717) is 28.0 Å². The normalized spacial score (nSPS) is 28.4. The first kappa shape index (κ1) is 59.4. The maximum atomic E-state index is 15.1. The van der Waals surface area contributed by atoms with Gasteiger partial charge in [-0.3, -0.25) is 28.8 Å². The Morgan fingerprint density at radius 3 is 1.09 bits per heavy atom. The van der Waals surface area contributed by atoms with E-state index in [2.05, 4.69) is 9.78 Å². The van der Waals surface area contributed by atoms with Gasteiger partial charge in [-0.15, -0.1) is 11.8 Å². The van der Waals surface area contributed by atoms with Crippen molar-refractivity contribution in [3.05, 3.63) is 265 Å². The van der Waals surface area contributed by atoms with Gasteiger partial charge in [-0.1, -0.05) is 202 Å². The Morgan fingerprint density at radius 1 is 0.386 bits per heavy atom. The number of ketones is 2. The zero-order chi connectivity index (χ0) is 61.1. The number of nitrogens with zero attached hydrogens (tertiary/aromatic N) is 2. The summed E-state index contributed by atoms with van der Waals surface area (Å²) in [6.07, 6.45) is 0. The van der Waals surface area contributed by atoms with E-state index in [9.17, 15) is 28.8 Å². The lowest BCUT2D eigenvalue weighted by molar-refractivity contribution is -0.133. The van der Waals surface area contributed by atoms with Crippen molar-refractivity contribution in [1.82, 2.24) is 0 Å². The summed E-state index contributed by atoms with van der Waals surface area (Å²) >= 11 is 1.37. The molecular weight excluding hydrogens is 1140 g/mol. The topological polar surface area (TPSA) is 168 Å². The Hall–Kier alpha value is -8.92. The third-order valence-corrected chi connectivity index (χ3v) is 23.2. The number of hydrogen-bond donors (Lipinski definition) is 0. The molecule has 5 fully saturated rings. The number of amides is 4. The summed E-state index contributed by atoms with van der Waals surface area (Å²) in [7, 11) is -4.63. The van der Waals surface area contributed by atoms with Crippen LogP contribution in [0.5, 0.6) is 0 Å². The van der Waals surface area contributed by atoms with Crippen LogP contribution in [0, 0.1) is 33.5 Å². The van der Waals surface area contributed by atoms with Crippen molar-refractivity contribution >= 4 is 90.5 Å². The fourth-order valence-corrected chi connectivity index (χ4v) is 19.9. The van der Waals surface area contributed by atoms with E-state index in [1.54, 1.807) is 74.5 Å². The molecule has 2 saturated carbocycles. The number of allylic oxidation sites excluding steroid dienone is 4. The number of para-hydroxylation sites is 2. The first-order chi connectivity index (χ1) is 41.7. The molecule has 8 atom stereocenters. The Labute approximate surface area is 516 Å². The summed E-state index contributed by atoms with van der Waals surface area (Å²) in [6.45, 7) is 10.7. The summed E-state index contributed by atoms with van der Waals surface area (Å²) < 4.78 is 26.4. The molecule has 0 N–H and O–H groups in total. The molecule has 4 amide bonds. The minimum atomic E-state index is -4.63. The van der Waals surface area contributed by atoms with Gasteiger partial charge < -0.3 is 0 Å². The number of rotatable bonds is 10. The average molecular weight is 1210 g/mol. The lowest BCUT2D eigenvalue weighted by Gasteiger charge is -2.44. The van der Waals surface area contributed by atoms with Gasteiger partial charge in [-0.05, 0) is 135 Å². The van der Waals surface area contributed by atoms with E-state index in [0.717, 1.165) is 32.1 Å². The molecule has 8 aromatic carbocycles. The van der Waals surface area contributed by atoms with Gasteiger partial charge >= 0.3 is 0 Å². The summed E-state index contributed by atoms with van der Waals surface area (Å²) in [5.41, 5.74) is 0.694. The molecule has 8 aromatic rings. The SMILES string of the molecule is C.CC1(C)OO1.CC12C(=O)C(C)(C(c3ccccc3)=C1c1ccccc1)C1(S(=O)(=O)c3ccccc3)C(=O)N(c3ccccc3)C(=O)C21.CC12C(=O)C(C)(C(c3ccccc3)=C1c1ccccc1)C1(Sc3ccccc3)C(=O)N(c3ccccc3)C(=O)C21. The standard InChI is InChI=1S/C35H27NO5S.C35H27NO3S.C3H6O2.CH4/c1-33-27(23-15-7-3-8-16-23)28(24-17-9-4-10-18-24)34(2,31(33)38)35(42(40,41)26-21-13-6-14-22-26)29(33)30(37)36(32(35)39)25-19-11-5-12-20-25;1-33-27(23-15-7-3-8-16-23)28(24-17-9-4-10-18-24)34(2,31(33)38)35(40-26-21-13-6-14-22-26)29(33)30(37)36(32(35)39)25-19-11-5-12-20-25;1-3(2)4-5-3;/h3-22,29H,1-2H3;3-22,29H,1-2H3;1-2H3;1H4. The number of fused-ring (bicyclic) bond motifs is 10. The summed E-state index contributed by atoms with van der Waals surface area (Å²) in [5, 5.41) is 0. The van der Waals surface area contributed by atoms with Gasteiger partial charge in [0.05, 0.1) is 49.8 Å². The van der Waals surface area contributed by atoms with Crippen LogP contribution in [0.15, 0.2) is 252 Å². The lowest BCUT2D eigenvalue weighted by Crippen LogP contribution is -2.60. The molecule has 3 saturated heterocycles. The van der Waals surface area contributed by atoms with Crippen LogP contribution in [0.1, 0.15) is 71.2 Å². The van der Waals surface area contributed by atoms with Crippen LogP contribution in [0.25, 0.3) is 22.3 Å². The highest BCUT2D eigenvalue weighted by Crippen LogP contribution is 2.80. The van der Waals surface area contributed by atoms with Crippen molar-refractivity contribution in [2.75, 3.05) is 9.80 Å². The Kier molecular flexibility index (Phi) is 14.3. The van der Waals surface area contributed by atoms with Crippen molar-refractivity contribution < 1.29 is 47.0 Å². The summed E-state index contributed by atoms with van der Waals surface area (Å²) in [5.74, 6) is -5.35. The third kappa shape index (κ3) is 7.87. The molecule has 7 aliphatic rings. The van der Waals surface area contributed by atoms with Gasteiger partial charge in [0.25, 0.3) is 11.8 Å². The van der Waals surface area contributed by atoms with Crippen LogP contribution in [-0.4, -0.2) is 58.9 Å². The Balaban J connectivity index is 0.000000157. The van der Waals surface area contributed by atoms with Crippen molar-refractivity contribution in [3.63, 3.8) is 0 Å². The number of anilines is 2. The second kappa shape index (κ2) is 21.2. The van der Waals surface area contributed by atoms with E-state index in [-0.39, 0.29) is 41.4 Å². The highest BCUT2D eigenvalue weighted by molar-refractivity contribution is 8.01. The zero-order valence-corrected chi connectivity index (χ0v) is 50.2. The van der Waals surface area contributed by atoms with Gasteiger partial charge in [0.15, 0.2) is 26.2 Å². The molecule has 88 heavy (non-hydrogen) atoms. The lowest BCUT2D eigenvalue weighted by atomic mass is 9.62. The monoisotopic (exact) mass is 1200 g/mol. The van der Waals surface area contributed by atoms with Crippen LogP contribution in [0.2, 0.25) is 0 Å². The molecule has 0 spiro atoms. The molecule has 3 heterocycles. The van der Waals surface area contributed by atoms with Crippen molar-refractivity contribution in [1.29, 1.82) is 0 Å². The van der Waals surface area contributed by atoms with Gasteiger partial charge in [0.1, 0.15) is 4.75 Å². The van der Waals surface area contributed by atoms with E-state index < -0.39 is 70.4 Å². The quantitative estimate of drug-likeness (QED) is 0.0726. The summed E-state index contributed by atoms with van der Waals surface area (Å²) in [4.78, 5) is 101. The molecule has 12 nitrogen and oxygen atoms in total. The second-order valence-electron chi connectivity index (χ2n) is 24.0. The minimum absolute atomic E-state index is 0. The van der Waals surface area contributed by atoms with Crippen molar-refractivity contribution in [3.8, 4) is 0 Å². The van der Waals surface area contributed by atoms with Gasteiger partial charge in [0, 0.05) is 4.90 Å². The van der Waals surface area contributed by atoms with Crippen LogP contribution in [-0.2, 0) is 48.4 Å². The largest absolute Gasteiger partial charge is 0.298 e. The predicted octanol–water partition coefficient (Wildman–Crippen LogP) is 13.9. The molecule has 3 aliphatic heterocycles. The highest BCUT2D eigenvalue weighted by Gasteiger charge is 2.91. The van der Waals surface area contributed by atoms with Crippen LogP contribution < -0.4 is 9.80 Å². The second-order valence-corrected chi connectivity index (χ2v) is 27.5. The van der Waals surface area contributed by atoms with Crippen LogP contribution >= 0.6 is 11.8 Å². The van der Waals surface area contributed by atoms with Crippen LogP contribution in [0.4, 0.5) is 11.4 Å². The van der Waals surface area contributed by atoms with Gasteiger partial charge in [0.2, 0.25) is 17.6 Å². The average Bonchev–Trinajstić information content (AvgIpc) is 1.46. The molecule has 15 rings (SSSR count). The minimum Gasteiger partial charge on any atom is -0.298 e. The number of imide groups is 2. The first-order valence-corrected chi connectivity index (χ1v) is 31.1. The van der Waals surface area contributed by atoms with E-state index >= 15 is 8.42 Å². The third-order valence-electron chi connectivity index (χ3n) is 19.0. The highest BCUT2D eigenvalue weighted by atomic mass is 32.2. The van der Waals surface area contributed by atoms with E-state index in [1.165, 1.54) is 28.8 Å². The van der Waals surface area contributed by atoms with Crippen LogP contribution in [0.3, 0.4) is 0 Å².